The van der Waals surface area contributed by atoms with Gasteiger partial charge in [-0.05, 0) is 53.0 Å². The maximum atomic E-state index is 15.8. The maximum absolute atomic E-state index is 15.8. The summed E-state index contributed by atoms with van der Waals surface area (Å²) in [6.45, 7) is 8.79. The summed E-state index contributed by atoms with van der Waals surface area (Å²) in [5, 5.41) is 0.0804. The lowest BCUT2D eigenvalue weighted by Crippen LogP contribution is -2.54. The lowest BCUT2D eigenvalue weighted by Gasteiger charge is -2.40. The molecule has 1 amide bonds. The summed E-state index contributed by atoms with van der Waals surface area (Å²) in [4.78, 5) is 54.3. The second-order valence-electron chi connectivity index (χ2n) is 11.4. The van der Waals surface area contributed by atoms with E-state index < -0.39 is 49.0 Å². The molecule has 2 atom stereocenters. The Morgan fingerprint density at radius 2 is 1.78 bits per heavy atom. The van der Waals surface area contributed by atoms with Gasteiger partial charge in [-0.15, -0.1) is 0 Å². The van der Waals surface area contributed by atoms with Crippen molar-refractivity contribution in [1.29, 1.82) is 0 Å². The molecule has 1 aliphatic carbocycles. The van der Waals surface area contributed by atoms with E-state index in [-0.39, 0.29) is 73.5 Å². The number of carbonyl (C=O) groups is 3. The van der Waals surface area contributed by atoms with E-state index in [0.29, 0.717) is 11.9 Å². The van der Waals surface area contributed by atoms with Crippen LogP contribution in [0, 0.1) is 5.82 Å². The molecule has 0 radical (unpaired) electrons. The van der Waals surface area contributed by atoms with E-state index in [2.05, 4.69) is 0 Å². The molecule has 1 aromatic heterocycles. The number of carbonyl (C=O) groups excluding carboxylic acids is 3. The van der Waals surface area contributed by atoms with E-state index in [0.717, 1.165) is 18.9 Å². The van der Waals surface area contributed by atoms with Gasteiger partial charge in [0.2, 0.25) is 0 Å². The van der Waals surface area contributed by atoms with Crippen molar-refractivity contribution in [2.24, 2.45) is 0 Å². The third-order valence-electron chi connectivity index (χ3n) is 8.26. The average Bonchev–Trinajstić information content (AvgIpc) is 3.84. The molecule has 1 aromatic carbocycles. The fourth-order valence-corrected chi connectivity index (χ4v) is 7.98. The number of halogens is 1. The highest BCUT2D eigenvalue weighted by Gasteiger charge is 2.37. The zero-order valence-corrected chi connectivity index (χ0v) is 27.7. The first kappa shape index (κ1) is 34.6. The summed E-state index contributed by atoms with van der Waals surface area (Å²) in [5.74, 6) is -1.27. The molecule has 0 N–H and O–H groups in total. The van der Waals surface area contributed by atoms with Gasteiger partial charge < -0.3 is 32.9 Å². The summed E-state index contributed by atoms with van der Waals surface area (Å²) in [6, 6.07) is 0.813. The Morgan fingerprint density at radius 3 is 2.31 bits per heavy atom. The SMILES string of the molecule is CCOP(=O)(OCC)C(CC)CC(=O)COC(=O)N1CCN(c2c(F)cc3c(=O)c(C(C)=O)cn(C4CC4)c3c2OC)CC1C. The van der Waals surface area contributed by atoms with Gasteiger partial charge >= 0.3 is 13.7 Å². The van der Waals surface area contributed by atoms with Gasteiger partial charge in [-0.3, -0.25) is 18.9 Å². The zero-order valence-electron chi connectivity index (χ0n) is 26.8. The molecule has 248 valence electrons. The van der Waals surface area contributed by atoms with Crippen molar-refractivity contribution < 1.29 is 41.9 Å². The largest absolute Gasteiger partial charge is 0.492 e. The number of aromatic nitrogens is 1. The first-order valence-corrected chi connectivity index (χ1v) is 17.1. The molecule has 1 saturated heterocycles. The highest BCUT2D eigenvalue weighted by molar-refractivity contribution is 7.54. The van der Waals surface area contributed by atoms with E-state index in [1.54, 1.807) is 38.8 Å². The number of benzene rings is 1. The van der Waals surface area contributed by atoms with E-state index in [1.165, 1.54) is 18.9 Å². The van der Waals surface area contributed by atoms with Crippen LogP contribution >= 0.6 is 7.60 Å². The normalized spacial score (nSPS) is 17.8. The topological polar surface area (TPSA) is 134 Å². The molecule has 2 heterocycles. The van der Waals surface area contributed by atoms with Gasteiger partial charge in [0.1, 0.15) is 5.69 Å². The Bertz CT molecular complexity index is 1550. The van der Waals surface area contributed by atoms with Crippen molar-refractivity contribution in [1.82, 2.24) is 9.47 Å². The highest BCUT2D eigenvalue weighted by Crippen LogP contribution is 2.55. The van der Waals surface area contributed by atoms with Crippen molar-refractivity contribution in [3.05, 3.63) is 33.9 Å². The second-order valence-corrected chi connectivity index (χ2v) is 13.8. The van der Waals surface area contributed by atoms with Crippen LogP contribution in [0.25, 0.3) is 10.9 Å². The van der Waals surface area contributed by atoms with Crippen LogP contribution in [-0.2, 0) is 23.1 Å². The van der Waals surface area contributed by atoms with Crippen molar-refractivity contribution in [3.8, 4) is 5.75 Å². The zero-order chi connectivity index (χ0) is 33.1. The lowest BCUT2D eigenvalue weighted by atomic mass is 10.1. The van der Waals surface area contributed by atoms with Crippen LogP contribution in [-0.4, -0.2) is 85.4 Å². The molecule has 14 heteroatoms. The number of hydrogen-bond acceptors (Lipinski definition) is 10. The summed E-state index contributed by atoms with van der Waals surface area (Å²) in [7, 11) is -2.08. The van der Waals surface area contributed by atoms with E-state index in [9.17, 15) is 23.7 Å². The molecule has 45 heavy (non-hydrogen) atoms. The fraction of sp³-hybridized carbons (Fsp3) is 0.613. The standard InChI is InChI=1S/C31H43FN3O9P/c1-7-23(45(40,43-8-2)44-9-3)14-22(37)18-42-31(39)34-13-12-33(16-19(34)4)28-26(32)15-24-27(30(28)41-6)35(21-10-11-21)17-25(20(5)36)29(24)38/h15,17,19,21,23H,7-14,16,18H2,1-6H3. The Hall–Kier alpha value is -3.28. The molecule has 1 saturated carbocycles. The van der Waals surface area contributed by atoms with Gasteiger partial charge in [0.25, 0.3) is 0 Å². The van der Waals surface area contributed by atoms with Crippen LogP contribution in [0.2, 0.25) is 0 Å². The van der Waals surface area contributed by atoms with Crippen LogP contribution in [0.4, 0.5) is 14.9 Å². The summed E-state index contributed by atoms with van der Waals surface area (Å²) in [5.41, 5.74) is -0.586. The average molecular weight is 652 g/mol. The molecule has 2 aromatic rings. The maximum Gasteiger partial charge on any atom is 0.410 e. The molecule has 1 aliphatic heterocycles. The lowest BCUT2D eigenvalue weighted by molar-refractivity contribution is -0.122. The summed E-state index contributed by atoms with van der Waals surface area (Å²) >= 11 is 0. The third-order valence-corrected chi connectivity index (χ3v) is 10.9. The quantitative estimate of drug-likeness (QED) is 0.195. The Kier molecular flexibility index (Phi) is 11.1. The number of rotatable bonds is 14. The molecular weight excluding hydrogens is 608 g/mol. The van der Waals surface area contributed by atoms with Crippen molar-refractivity contribution in [3.63, 3.8) is 0 Å². The smallest absolute Gasteiger partial charge is 0.410 e. The van der Waals surface area contributed by atoms with E-state index in [1.807, 2.05) is 4.57 Å². The minimum Gasteiger partial charge on any atom is -0.492 e. The number of nitrogens with zero attached hydrogens (tertiary/aromatic N) is 3. The molecule has 2 fully saturated rings. The summed E-state index contributed by atoms with van der Waals surface area (Å²) < 4.78 is 52.6. The summed E-state index contributed by atoms with van der Waals surface area (Å²) in [6.07, 6.45) is 2.85. The highest BCUT2D eigenvalue weighted by atomic mass is 31.2. The minimum absolute atomic E-state index is 0.00523. The second kappa shape index (κ2) is 14.4. The predicted octanol–water partition coefficient (Wildman–Crippen LogP) is 5.34. The number of ketones is 2. The van der Waals surface area contributed by atoms with Gasteiger partial charge in [0.05, 0.1) is 42.4 Å². The number of ether oxygens (including phenoxy) is 2. The molecule has 0 bridgehead atoms. The van der Waals surface area contributed by atoms with Crippen LogP contribution in [0.1, 0.15) is 76.7 Å². The van der Waals surface area contributed by atoms with Crippen LogP contribution in [0.3, 0.4) is 0 Å². The number of pyridine rings is 1. The molecule has 2 aliphatic rings. The molecule has 4 rings (SSSR count). The predicted molar refractivity (Wildman–Crippen MR) is 167 cm³/mol. The van der Waals surface area contributed by atoms with Gasteiger partial charge in [0, 0.05) is 44.3 Å². The van der Waals surface area contributed by atoms with E-state index in [4.69, 9.17) is 18.5 Å². The van der Waals surface area contributed by atoms with Gasteiger partial charge in [-0.2, -0.15) is 0 Å². The Balaban J connectivity index is 1.49. The fourth-order valence-electron chi connectivity index (χ4n) is 5.89. The Labute approximate surface area is 262 Å². The van der Waals surface area contributed by atoms with Gasteiger partial charge in [0.15, 0.2) is 35.2 Å². The van der Waals surface area contributed by atoms with Crippen molar-refractivity contribution in [2.75, 3.05) is 51.5 Å². The van der Waals surface area contributed by atoms with Gasteiger partial charge in [-0.1, -0.05) is 6.92 Å². The number of hydrogen-bond donors (Lipinski definition) is 0. The molecule has 12 nitrogen and oxygen atoms in total. The number of Topliss-reactive ketones (excluding diaryl/α,β-unsaturated/α-hetero) is 2. The van der Waals surface area contributed by atoms with Crippen molar-refractivity contribution >= 4 is 41.8 Å². The first-order valence-electron chi connectivity index (χ1n) is 15.5. The number of fused-ring (bicyclic) bond motifs is 1. The number of anilines is 1. The minimum atomic E-state index is -3.50. The molecule has 0 spiro atoms. The first-order chi connectivity index (χ1) is 21.4. The van der Waals surface area contributed by atoms with Crippen LogP contribution in [0.5, 0.6) is 5.75 Å². The van der Waals surface area contributed by atoms with Crippen LogP contribution in [0.15, 0.2) is 17.1 Å². The van der Waals surface area contributed by atoms with Crippen molar-refractivity contribution in [2.45, 2.75) is 78.0 Å². The van der Waals surface area contributed by atoms with E-state index >= 15 is 4.39 Å². The monoisotopic (exact) mass is 651 g/mol. The Morgan fingerprint density at radius 1 is 1.11 bits per heavy atom. The van der Waals surface area contributed by atoms with Crippen LogP contribution < -0.4 is 15.1 Å². The van der Waals surface area contributed by atoms with Gasteiger partial charge in [-0.25, -0.2) is 9.18 Å². The number of piperazine rings is 1. The number of amides is 1. The molecule has 2 unspecified atom stereocenters. The number of methoxy groups -OCH3 is 1. The molecular formula is C31H43FN3O9P. The third kappa shape index (κ3) is 7.26.